The lowest BCUT2D eigenvalue weighted by Crippen LogP contribution is -2.48. The Morgan fingerprint density at radius 3 is 3.00 bits per heavy atom. The van der Waals surface area contributed by atoms with Gasteiger partial charge in [-0.05, 0) is 43.9 Å². The molecule has 8 heteroatoms. The average Bonchev–Trinajstić information content (AvgIpc) is 2.99. The lowest BCUT2D eigenvalue weighted by Gasteiger charge is -2.37. The van der Waals surface area contributed by atoms with E-state index < -0.39 is 6.43 Å². The number of benzene rings is 1. The average molecular weight is 338 g/mol. The summed E-state index contributed by atoms with van der Waals surface area (Å²) in [5, 5.41) is 12.1. The van der Waals surface area contributed by atoms with Gasteiger partial charge >= 0.3 is 6.03 Å². The van der Waals surface area contributed by atoms with Crippen LogP contribution in [0, 0.1) is 5.92 Å². The van der Waals surface area contributed by atoms with Crippen LogP contribution in [-0.2, 0) is 0 Å². The topological polar surface area (TPSA) is 81.2 Å². The van der Waals surface area contributed by atoms with Crippen LogP contribution < -0.4 is 5.32 Å². The second kappa shape index (κ2) is 6.72. The van der Waals surface area contributed by atoms with E-state index in [9.17, 15) is 18.7 Å². The van der Waals surface area contributed by atoms with Crippen LogP contribution in [0.3, 0.4) is 0 Å². The smallest absolute Gasteiger partial charge is 0.322 e. The Bertz CT molecular complexity index is 734. The minimum Gasteiger partial charge on any atom is -0.396 e. The zero-order valence-electron chi connectivity index (χ0n) is 13.3. The molecule has 0 aliphatic carbocycles. The molecule has 2 amide bonds. The summed E-state index contributed by atoms with van der Waals surface area (Å²) in [6.45, 7) is 2.54. The van der Waals surface area contributed by atoms with Crippen molar-refractivity contribution in [3.8, 4) is 0 Å². The maximum absolute atomic E-state index is 12.7. The molecule has 1 saturated heterocycles. The standard InChI is InChI=1S/C16H20F2N4O2/c1-9-2-3-10(8-23)7-22(9)16(24)19-11-4-5-12-13(6-11)21-15(20-12)14(17)18/h4-6,9-10,14,23H,2-3,7-8H2,1H3,(H,19,24)(H,20,21). The molecule has 3 N–H and O–H groups in total. The number of likely N-dealkylation sites (tertiary alicyclic amines) is 1. The van der Waals surface area contributed by atoms with E-state index in [1.165, 1.54) is 0 Å². The van der Waals surface area contributed by atoms with Gasteiger partial charge in [-0.1, -0.05) is 0 Å². The Morgan fingerprint density at radius 2 is 2.29 bits per heavy atom. The molecule has 2 aromatic rings. The summed E-state index contributed by atoms with van der Waals surface area (Å²) < 4.78 is 25.4. The van der Waals surface area contributed by atoms with E-state index in [4.69, 9.17) is 0 Å². The highest BCUT2D eigenvalue weighted by Crippen LogP contribution is 2.25. The lowest BCUT2D eigenvalue weighted by atomic mass is 9.94. The summed E-state index contributed by atoms with van der Waals surface area (Å²) in [5.41, 5.74) is 1.38. The molecule has 2 atom stereocenters. The van der Waals surface area contributed by atoms with Crippen LogP contribution in [0.25, 0.3) is 11.0 Å². The van der Waals surface area contributed by atoms with E-state index in [2.05, 4.69) is 15.3 Å². The number of urea groups is 1. The second-order valence-electron chi connectivity index (χ2n) is 6.21. The molecule has 3 rings (SSSR count). The van der Waals surface area contributed by atoms with E-state index in [0.29, 0.717) is 23.3 Å². The van der Waals surface area contributed by atoms with E-state index in [-0.39, 0.29) is 30.4 Å². The van der Waals surface area contributed by atoms with Gasteiger partial charge < -0.3 is 20.3 Å². The van der Waals surface area contributed by atoms with Gasteiger partial charge in [-0.2, -0.15) is 0 Å². The third kappa shape index (κ3) is 3.33. The fourth-order valence-electron chi connectivity index (χ4n) is 3.02. The molecule has 2 heterocycles. The van der Waals surface area contributed by atoms with Crippen LogP contribution in [0.2, 0.25) is 0 Å². The maximum atomic E-state index is 12.7. The number of imidazole rings is 1. The molecule has 0 radical (unpaired) electrons. The molecule has 1 fully saturated rings. The molecule has 2 unspecified atom stereocenters. The number of alkyl halides is 2. The first-order valence-corrected chi connectivity index (χ1v) is 7.94. The van der Waals surface area contributed by atoms with Crippen molar-refractivity contribution >= 4 is 22.8 Å². The first-order valence-electron chi connectivity index (χ1n) is 7.94. The number of hydrogen-bond donors (Lipinski definition) is 3. The van der Waals surface area contributed by atoms with Crippen molar-refractivity contribution in [2.24, 2.45) is 5.92 Å². The number of nitrogens with zero attached hydrogens (tertiary/aromatic N) is 2. The number of amides is 2. The van der Waals surface area contributed by atoms with Gasteiger partial charge in [-0.15, -0.1) is 0 Å². The third-order valence-corrected chi connectivity index (χ3v) is 4.46. The molecule has 6 nitrogen and oxygen atoms in total. The quantitative estimate of drug-likeness (QED) is 0.804. The molecule has 1 aliphatic heterocycles. The number of aromatic amines is 1. The van der Waals surface area contributed by atoms with Crippen LogP contribution in [0.1, 0.15) is 32.0 Å². The Kier molecular flexibility index (Phi) is 4.66. The first kappa shape index (κ1) is 16.6. The molecular formula is C16H20F2N4O2. The summed E-state index contributed by atoms with van der Waals surface area (Å²) in [7, 11) is 0. The van der Waals surface area contributed by atoms with E-state index >= 15 is 0 Å². The summed E-state index contributed by atoms with van der Waals surface area (Å²) in [6.07, 6.45) is -0.923. The van der Waals surface area contributed by atoms with Gasteiger partial charge in [-0.3, -0.25) is 0 Å². The highest BCUT2D eigenvalue weighted by atomic mass is 19.3. The summed E-state index contributed by atoms with van der Waals surface area (Å²) in [4.78, 5) is 20.5. The molecule has 1 aromatic carbocycles. The van der Waals surface area contributed by atoms with E-state index in [0.717, 1.165) is 12.8 Å². The highest BCUT2D eigenvalue weighted by molar-refractivity contribution is 5.92. The highest BCUT2D eigenvalue weighted by Gasteiger charge is 2.28. The van der Waals surface area contributed by atoms with E-state index in [1.807, 2.05) is 6.92 Å². The maximum Gasteiger partial charge on any atom is 0.322 e. The molecule has 0 bridgehead atoms. The SMILES string of the molecule is CC1CCC(CO)CN1C(=O)Nc1ccc2nc(C(F)F)[nH]c2c1. The van der Waals surface area contributed by atoms with Crippen LogP contribution in [-0.4, -0.2) is 45.2 Å². The number of aromatic nitrogens is 2. The molecule has 1 aromatic heterocycles. The van der Waals surface area contributed by atoms with Gasteiger partial charge in [0.05, 0.1) is 11.0 Å². The van der Waals surface area contributed by atoms with Crippen molar-refractivity contribution in [3.63, 3.8) is 0 Å². The van der Waals surface area contributed by atoms with Crippen LogP contribution in [0.4, 0.5) is 19.3 Å². The normalized spacial score (nSPS) is 21.5. The van der Waals surface area contributed by atoms with Crippen LogP contribution in [0.15, 0.2) is 18.2 Å². The van der Waals surface area contributed by atoms with Crippen LogP contribution >= 0.6 is 0 Å². The van der Waals surface area contributed by atoms with Crippen LogP contribution in [0.5, 0.6) is 0 Å². The molecule has 24 heavy (non-hydrogen) atoms. The Hall–Kier alpha value is -2.22. The van der Waals surface area contributed by atoms with Crippen molar-refractivity contribution in [2.45, 2.75) is 32.2 Å². The van der Waals surface area contributed by atoms with Crippen molar-refractivity contribution in [3.05, 3.63) is 24.0 Å². The molecule has 130 valence electrons. The number of hydrogen-bond acceptors (Lipinski definition) is 3. The number of carbonyl (C=O) groups is 1. The van der Waals surface area contributed by atoms with Gasteiger partial charge in [0.2, 0.25) is 0 Å². The fourth-order valence-corrected chi connectivity index (χ4v) is 3.02. The number of anilines is 1. The predicted octanol–water partition coefficient (Wildman–Crippen LogP) is 3.13. The number of carbonyl (C=O) groups excluding carboxylic acids is 1. The minimum atomic E-state index is -2.67. The summed E-state index contributed by atoms with van der Waals surface area (Å²) in [5.74, 6) is -0.292. The van der Waals surface area contributed by atoms with Gasteiger partial charge in [0, 0.05) is 24.9 Å². The molecule has 0 saturated carbocycles. The van der Waals surface area contributed by atoms with Crippen molar-refractivity contribution in [2.75, 3.05) is 18.5 Å². The number of aliphatic hydroxyl groups excluding tert-OH is 1. The van der Waals surface area contributed by atoms with Crippen molar-refractivity contribution < 1.29 is 18.7 Å². The molecular weight excluding hydrogens is 318 g/mol. The number of fused-ring (bicyclic) bond motifs is 1. The van der Waals surface area contributed by atoms with Crippen molar-refractivity contribution in [1.82, 2.24) is 14.9 Å². The number of piperidine rings is 1. The lowest BCUT2D eigenvalue weighted by molar-refractivity contribution is 0.107. The fraction of sp³-hybridized carbons (Fsp3) is 0.500. The molecule has 0 spiro atoms. The van der Waals surface area contributed by atoms with E-state index in [1.54, 1.807) is 23.1 Å². The number of rotatable bonds is 3. The monoisotopic (exact) mass is 338 g/mol. The number of halogens is 2. The Balaban J connectivity index is 1.74. The molecule has 1 aliphatic rings. The number of nitrogens with one attached hydrogen (secondary N) is 2. The first-order chi connectivity index (χ1) is 11.5. The summed E-state index contributed by atoms with van der Waals surface area (Å²) >= 11 is 0. The van der Waals surface area contributed by atoms with Gasteiger partial charge in [0.25, 0.3) is 6.43 Å². The largest absolute Gasteiger partial charge is 0.396 e. The third-order valence-electron chi connectivity index (χ3n) is 4.46. The van der Waals surface area contributed by atoms with Crippen molar-refractivity contribution in [1.29, 1.82) is 0 Å². The summed E-state index contributed by atoms with van der Waals surface area (Å²) in [6, 6.07) is 4.64. The number of H-pyrrole nitrogens is 1. The van der Waals surface area contributed by atoms with Gasteiger partial charge in [0.1, 0.15) is 0 Å². The Labute approximate surface area is 137 Å². The minimum absolute atomic E-state index is 0.0625. The second-order valence-corrected chi connectivity index (χ2v) is 6.21. The predicted molar refractivity (Wildman–Crippen MR) is 86.0 cm³/mol. The van der Waals surface area contributed by atoms with Gasteiger partial charge in [-0.25, -0.2) is 18.6 Å². The zero-order chi connectivity index (χ0) is 17.3. The Morgan fingerprint density at radius 1 is 1.50 bits per heavy atom. The zero-order valence-corrected chi connectivity index (χ0v) is 13.3. The number of aliphatic hydroxyl groups is 1. The van der Waals surface area contributed by atoms with Gasteiger partial charge in [0.15, 0.2) is 5.82 Å².